The van der Waals surface area contributed by atoms with Crippen LogP contribution in [0.4, 0.5) is 0 Å². The molecule has 4 heterocycles. The first-order valence-corrected chi connectivity index (χ1v) is 26.6. The molecule has 0 bridgehead atoms. The normalized spacial score (nSPS) is 34.1. The number of hydrogen-bond donors (Lipinski definition) is 2. The van der Waals surface area contributed by atoms with Gasteiger partial charge >= 0.3 is 23.9 Å². The number of aliphatic hydroxyl groups excluding tert-OH is 2. The number of methoxy groups -OCH3 is 3. The molecule has 3 aliphatic rings. The van der Waals surface area contributed by atoms with Crippen molar-refractivity contribution in [2.45, 2.75) is 198 Å². The number of rotatable bonds is 18. The lowest BCUT2D eigenvalue weighted by atomic mass is 9.70. The summed E-state index contributed by atoms with van der Waals surface area (Å²) in [7, 11) is 8.16. The first-order valence-electron chi connectivity index (χ1n) is 26.6. The van der Waals surface area contributed by atoms with Gasteiger partial charge in [-0.15, -0.1) is 0 Å². The Labute approximate surface area is 438 Å². The van der Waals surface area contributed by atoms with Crippen LogP contribution in [-0.4, -0.2) is 189 Å². The largest absolute Gasteiger partial charge is 0.463 e. The summed E-state index contributed by atoms with van der Waals surface area (Å²) in [6.07, 6.45) is -6.83. The molecule has 16 atom stereocenters. The lowest BCUT2D eigenvalue weighted by Crippen LogP contribution is -2.67. The van der Waals surface area contributed by atoms with Crippen molar-refractivity contribution in [3.05, 3.63) is 42.1 Å². The summed E-state index contributed by atoms with van der Waals surface area (Å²) in [5.74, 6) is -3.95. The number of aromatic nitrogens is 1. The van der Waals surface area contributed by atoms with Crippen LogP contribution in [0.3, 0.4) is 0 Å². The minimum absolute atomic E-state index is 0.00783. The van der Waals surface area contributed by atoms with E-state index in [1.165, 1.54) is 33.8 Å². The van der Waals surface area contributed by atoms with Crippen molar-refractivity contribution in [3.63, 3.8) is 0 Å². The highest BCUT2D eigenvalue weighted by Crippen LogP contribution is 2.43. The molecule has 418 valence electrons. The second-order valence-corrected chi connectivity index (χ2v) is 21.0. The topological polar surface area (TPSA) is 220 Å². The van der Waals surface area contributed by atoms with Crippen molar-refractivity contribution < 1.29 is 76.8 Å². The van der Waals surface area contributed by atoms with Crippen molar-refractivity contribution in [2.75, 3.05) is 55.1 Å². The fourth-order valence-corrected chi connectivity index (χ4v) is 11.4. The Balaban J connectivity index is 1.53. The maximum absolute atomic E-state index is 14.1. The number of hydrogen-bond acceptors (Lipinski definition) is 19. The van der Waals surface area contributed by atoms with Crippen LogP contribution in [0.25, 0.3) is 10.9 Å². The lowest BCUT2D eigenvalue weighted by molar-refractivity contribution is -0.320. The van der Waals surface area contributed by atoms with Gasteiger partial charge in [0.15, 0.2) is 24.3 Å². The minimum atomic E-state index is -1.33. The third-order valence-electron chi connectivity index (χ3n) is 15.2. The van der Waals surface area contributed by atoms with Gasteiger partial charge in [-0.2, -0.15) is 0 Å². The first-order chi connectivity index (χ1) is 35.2. The third kappa shape index (κ3) is 16.1. The number of carbonyl (C=O) groups excluding carboxylic acids is 4. The van der Waals surface area contributed by atoms with Crippen LogP contribution in [-0.2, 0) is 73.0 Å². The summed E-state index contributed by atoms with van der Waals surface area (Å²) in [5.41, 5.74) is 0.800. The van der Waals surface area contributed by atoms with Crippen molar-refractivity contribution >= 4 is 34.8 Å². The number of β-amino-alcohol motifs (C(OH)–C–C–N with tert-alkyl or cyclic N) is 1. The second kappa shape index (κ2) is 28.5. The quantitative estimate of drug-likeness (QED) is 0.108. The number of fused-ring (bicyclic) bond motifs is 1. The van der Waals surface area contributed by atoms with E-state index in [9.17, 15) is 29.4 Å². The van der Waals surface area contributed by atoms with Gasteiger partial charge in [0.25, 0.3) is 0 Å². The highest BCUT2D eigenvalue weighted by molar-refractivity contribution is 5.81. The van der Waals surface area contributed by atoms with Gasteiger partial charge in [0, 0.05) is 84.5 Å². The predicted molar refractivity (Wildman–Crippen MR) is 273 cm³/mol. The van der Waals surface area contributed by atoms with Gasteiger partial charge in [-0.1, -0.05) is 39.0 Å². The Morgan fingerprint density at radius 3 is 2.28 bits per heavy atom. The zero-order chi connectivity index (χ0) is 54.4. The Bertz CT molecular complexity index is 2090. The Kier molecular flexibility index (Phi) is 23.5. The summed E-state index contributed by atoms with van der Waals surface area (Å²) in [5, 5.41) is 26.4. The van der Waals surface area contributed by atoms with E-state index in [2.05, 4.69) is 22.0 Å². The molecule has 0 aliphatic carbocycles. The number of pyridine rings is 1. The molecule has 3 saturated heterocycles. The van der Waals surface area contributed by atoms with E-state index in [0.29, 0.717) is 32.5 Å². The molecule has 0 amide bonds. The molecule has 0 unspecified atom stereocenters. The van der Waals surface area contributed by atoms with E-state index in [4.69, 9.17) is 47.4 Å². The molecule has 74 heavy (non-hydrogen) atoms. The molecular formula is C55H87N3O16. The monoisotopic (exact) mass is 1050 g/mol. The molecule has 19 nitrogen and oxygen atoms in total. The van der Waals surface area contributed by atoms with E-state index < -0.39 is 121 Å². The van der Waals surface area contributed by atoms with Crippen molar-refractivity contribution in [1.29, 1.82) is 0 Å². The number of aryl methyl sites for hydroxylation is 1. The van der Waals surface area contributed by atoms with E-state index in [0.717, 1.165) is 23.7 Å². The van der Waals surface area contributed by atoms with E-state index >= 15 is 0 Å². The molecular weight excluding hydrogens is 959 g/mol. The smallest absolute Gasteiger partial charge is 0.309 e. The van der Waals surface area contributed by atoms with Crippen LogP contribution in [0.5, 0.6) is 0 Å². The number of likely N-dealkylation sites (N-methyl/N-ethyl adjacent to an activating group) is 1. The standard InChI is InChI=1S/C55H87N3O16/c1-14-43(61)71-42-29-45(63)68-33(4)23-26-58(25-18-19-37-22-24-56-40-21-17-16-20-39(37)40)31-41(60)32(3)27-38(28-46(65-11)66-12)48(52(42)67-13)53-50(64)49(57(9)10)51(34(5)70-53)73-47-30-55(8,74-36(7)59)54(35(6)69-47)72-44(62)15-2/h16-17,20-22,24,32-35,38,41-42,46-54,60,64H,14-15,18-19,23,25-31H2,1-13H3/t32-,33-,34-,35+,38-,41+,42-,47+,48+,49-,50-,51-,52-,53+,54+,55-/m1/s1. The predicted octanol–water partition coefficient (Wildman–Crippen LogP) is 5.40. The Morgan fingerprint density at radius 1 is 0.946 bits per heavy atom. The van der Waals surface area contributed by atoms with Crippen LogP contribution in [0.15, 0.2) is 36.5 Å². The lowest BCUT2D eigenvalue weighted by Gasteiger charge is -2.53. The fraction of sp³-hybridized carbons (Fsp3) is 0.764. The van der Waals surface area contributed by atoms with Crippen LogP contribution in [0.1, 0.15) is 112 Å². The molecule has 2 N–H and O–H groups in total. The second-order valence-electron chi connectivity index (χ2n) is 21.0. The maximum Gasteiger partial charge on any atom is 0.309 e. The summed E-state index contributed by atoms with van der Waals surface area (Å²) in [6.45, 7) is 15.2. The molecule has 19 heteroatoms. The van der Waals surface area contributed by atoms with E-state index in [-0.39, 0.29) is 38.0 Å². The van der Waals surface area contributed by atoms with Gasteiger partial charge in [-0.3, -0.25) is 24.2 Å². The summed E-state index contributed by atoms with van der Waals surface area (Å²) in [4.78, 5) is 61.1. The van der Waals surface area contributed by atoms with Crippen LogP contribution in [0, 0.1) is 17.8 Å². The van der Waals surface area contributed by atoms with E-state index in [1.54, 1.807) is 27.7 Å². The molecule has 3 aliphatic heterocycles. The van der Waals surface area contributed by atoms with Crippen molar-refractivity contribution in [1.82, 2.24) is 14.8 Å². The molecule has 2 aromatic rings. The SMILES string of the molecule is CCC(=O)O[C@@H]1CC(=O)O[C@H](C)CCN(CCCc2ccnc3ccccc23)C[C@H](O)[C@H](C)C[C@H](CC(OC)OC)[C@H]([C@@H]2O[C@H](C)[C@@H](O[C@H]3C[C@@](C)(OC(C)=O)[C@@H](OC(=O)CC)[C@H](C)O3)[C@H](N(C)C)[C@H]2O)[C@@H]1OC. The summed E-state index contributed by atoms with van der Waals surface area (Å²) < 4.78 is 62.1. The van der Waals surface area contributed by atoms with Gasteiger partial charge in [-0.25, -0.2) is 0 Å². The number of aliphatic hydroxyl groups is 2. The van der Waals surface area contributed by atoms with Crippen LogP contribution < -0.4 is 0 Å². The van der Waals surface area contributed by atoms with Gasteiger partial charge in [0.2, 0.25) is 0 Å². The Hall–Kier alpha value is -3.89. The number of nitrogens with zero attached hydrogens (tertiary/aromatic N) is 3. The third-order valence-corrected chi connectivity index (χ3v) is 15.2. The average Bonchev–Trinajstić information content (AvgIpc) is 3.35. The molecule has 0 radical (unpaired) electrons. The summed E-state index contributed by atoms with van der Waals surface area (Å²) >= 11 is 0. The van der Waals surface area contributed by atoms with E-state index in [1.807, 2.05) is 64.2 Å². The maximum atomic E-state index is 14.1. The Morgan fingerprint density at radius 2 is 1.64 bits per heavy atom. The highest BCUT2D eigenvalue weighted by Gasteiger charge is 2.56. The number of para-hydroxylation sites is 1. The van der Waals surface area contributed by atoms with Crippen molar-refractivity contribution in [3.8, 4) is 0 Å². The van der Waals surface area contributed by atoms with Crippen LogP contribution >= 0.6 is 0 Å². The molecule has 0 saturated carbocycles. The van der Waals surface area contributed by atoms with Gasteiger partial charge in [-0.05, 0) is 104 Å². The molecule has 0 spiro atoms. The summed E-state index contributed by atoms with van der Waals surface area (Å²) in [6, 6.07) is 9.35. The fourth-order valence-electron chi connectivity index (χ4n) is 11.4. The molecule has 5 rings (SSSR count). The van der Waals surface area contributed by atoms with Gasteiger partial charge < -0.3 is 67.4 Å². The number of cyclic esters (lactones) is 1. The zero-order valence-corrected chi connectivity index (χ0v) is 46.1. The first kappa shape index (κ1) is 61.0. The van der Waals surface area contributed by atoms with Gasteiger partial charge in [0.1, 0.15) is 24.4 Å². The highest BCUT2D eigenvalue weighted by atomic mass is 16.7. The number of ether oxygens (including phenoxy) is 10. The molecule has 1 aromatic heterocycles. The minimum Gasteiger partial charge on any atom is -0.463 e. The number of benzene rings is 1. The van der Waals surface area contributed by atoms with Gasteiger partial charge in [0.05, 0.1) is 48.5 Å². The average molecular weight is 1050 g/mol. The molecule has 1 aromatic carbocycles. The number of esters is 4. The number of carbonyl (C=O) groups is 4. The van der Waals surface area contributed by atoms with Crippen molar-refractivity contribution in [2.24, 2.45) is 17.8 Å². The molecule has 3 fully saturated rings. The zero-order valence-electron chi connectivity index (χ0n) is 46.1. The van der Waals surface area contributed by atoms with Crippen LogP contribution in [0.2, 0.25) is 0 Å².